The van der Waals surface area contributed by atoms with Crippen LogP contribution in [0.2, 0.25) is 0 Å². The van der Waals surface area contributed by atoms with Gasteiger partial charge in [0.15, 0.2) is 5.13 Å². The molecular weight excluding hydrogens is 236 g/mol. The summed E-state index contributed by atoms with van der Waals surface area (Å²) in [6.07, 6.45) is 2.20. The summed E-state index contributed by atoms with van der Waals surface area (Å²) in [5, 5.41) is 6.76. The number of nitrogens with two attached hydrogens (primary N) is 1. The molecule has 1 aliphatic rings. The molecule has 0 bridgehead atoms. The number of aromatic nitrogens is 1. The van der Waals surface area contributed by atoms with Crippen LogP contribution in [0.3, 0.4) is 0 Å². The second-order valence-electron chi connectivity index (χ2n) is 4.25. The van der Waals surface area contributed by atoms with Gasteiger partial charge >= 0.3 is 0 Å². The van der Waals surface area contributed by atoms with Gasteiger partial charge in [-0.25, -0.2) is 4.98 Å². The van der Waals surface area contributed by atoms with Crippen molar-refractivity contribution >= 4 is 28.2 Å². The van der Waals surface area contributed by atoms with Crippen molar-refractivity contribution in [2.75, 3.05) is 17.6 Å². The number of amides is 1. The molecule has 94 valence electrons. The van der Waals surface area contributed by atoms with Crippen LogP contribution in [0.25, 0.3) is 0 Å². The Hall–Kier alpha value is -1.30. The molecule has 0 aliphatic heterocycles. The summed E-state index contributed by atoms with van der Waals surface area (Å²) in [7, 11) is 0. The largest absolute Gasteiger partial charge is 0.382 e. The zero-order chi connectivity index (χ0) is 12.4. The van der Waals surface area contributed by atoms with Crippen LogP contribution in [0.1, 0.15) is 36.4 Å². The first-order chi connectivity index (χ1) is 8.15. The summed E-state index contributed by atoms with van der Waals surface area (Å²) in [5.74, 6) is 0.864. The summed E-state index contributed by atoms with van der Waals surface area (Å²) in [6.45, 7) is 4.89. The van der Waals surface area contributed by atoms with Gasteiger partial charge in [0.25, 0.3) is 5.91 Å². The van der Waals surface area contributed by atoms with Gasteiger partial charge in [-0.05, 0) is 19.3 Å². The molecule has 0 aromatic carbocycles. The summed E-state index contributed by atoms with van der Waals surface area (Å²) in [6, 6.07) is 0.330. The molecule has 1 amide bonds. The van der Waals surface area contributed by atoms with Gasteiger partial charge in [-0.1, -0.05) is 24.7 Å². The van der Waals surface area contributed by atoms with Crippen molar-refractivity contribution in [3.63, 3.8) is 0 Å². The first kappa shape index (κ1) is 12.2. The van der Waals surface area contributed by atoms with E-state index in [1.807, 2.05) is 6.92 Å². The van der Waals surface area contributed by atoms with Crippen LogP contribution in [0, 0.1) is 5.92 Å². The molecule has 6 heteroatoms. The Morgan fingerprint density at radius 2 is 2.35 bits per heavy atom. The highest BCUT2D eigenvalue weighted by molar-refractivity contribution is 7.18. The number of anilines is 2. The minimum Gasteiger partial charge on any atom is -0.382 e. The zero-order valence-electron chi connectivity index (χ0n) is 10.1. The van der Waals surface area contributed by atoms with E-state index in [4.69, 9.17) is 5.73 Å². The van der Waals surface area contributed by atoms with Gasteiger partial charge in [0, 0.05) is 12.6 Å². The Morgan fingerprint density at radius 1 is 1.59 bits per heavy atom. The number of nitrogens with one attached hydrogen (secondary N) is 2. The summed E-state index contributed by atoms with van der Waals surface area (Å²) < 4.78 is 0. The van der Waals surface area contributed by atoms with E-state index in [0.717, 1.165) is 19.4 Å². The Balaban J connectivity index is 1.99. The first-order valence-corrected chi connectivity index (χ1v) is 6.78. The molecule has 1 aliphatic carbocycles. The van der Waals surface area contributed by atoms with Crippen LogP contribution in [0.4, 0.5) is 10.9 Å². The molecule has 1 fully saturated rings. The highest BCUT2D eigenvalue weighted by Crippen LogP contribution is 2.34. The lowest BCUT2D eigenvalue weighted by Crippen LogP contribution is -2.26. The number of thiazole rings is 1. The third-order valence-corrected chi connectivity index (χ3v) is 3.98. The van der Waals surface area contributed by atoms with Crippen LogP contribution in [-0.2, 0) is 0 Å². The zero-order valence-corrected chi connectivity index (χ0v) is 10.9. The number of nitrogens with zero attached hydrogens (tertiary/aromatic N) is 1. The molecule has 2 unspecified atom stereocenters. The van der Waals surface area contributed by atoms with E-state index in [9.17, 15) is 4.79 Å². The van der Waals surface area contributed by atoms with Crippen molar-refractivity contribution in [1.82, 2.24) is 10.3 Å². The summed E-state index contributed by atoms with van der Waals surface area (Å²) in [4.78, 5) is 16.6. The van der Waals surface area contributed by atoms with Crippen LogP contribution in [-0.4, -0.2) is 23.5 Å². The average molecular weight is 254 g/mol. The number of carbonyl (C=O) groups is 1. The summed E-state index contributed by atoms with van der Waals surface area (Å²) in [5.41, 5.74) is 5.73. The Labute approximate surface area is 105 Å². The minimum atomic E-state index is -0.0925. The lowest BCUT2D eigenvalue weighted by Gasteiger charge is -2.01. The van der Waals surface area contributed by atoms with Crippen LogP contribution >= 0.6 is 11.3 Å². The summed E-state index contributed by atoms with van der Waals surface area (Å²) >= 11 is 1.31. The quantitative estimate of drug-likeness (QED) is 0.747. The van der Waals surface area contributed by atoms with Crippen molar-refractivity contribution in [3.8, 4) is 0 Å². The number of nitrogen functional groups attached to an aromatic ring is 1. The van der Waals surface area contributed by atoms with Crippen molar-refractivity contribution in [1.29, 1.82) is 0 Å². The minimum absolute atomic E-state index is 0.0925. The third kappa shape index (κ3) is 2.69. The van der Waals surface area contributed by atoms with Gasteiger partial charge in [0.2, 0.25) is 0 Å². The molecule has 2 atom stereocenters. The molecule has 5 nitrogen and oxygen atoms in total. The molecular formula is C11H18N4OS. The number of carbonyl (C=O) groups excluding carboxylic acids is 1. The van der Waals surface area contributed by atoms with Gasteiger partial charge in [-0.3, -0.25) is 4.79 Å². The van der Waals surface area contributed by atoms with E-state index in [1.165, 1.54) is 11.3 Å². The monoisotopic (exact) mass is 254 g/mol. The van der Waals surface area contributed by atoms with Crippen molar-refractivity contribution in [3.05, 3.63) is 4.88 Å². The second-order valence-corrected chi connectivity index (χ2v) is 5.25. The number of hydrogen-bond donors (Lipinski definition) is 3. The second kappa shape index (κ2) is 4.91. The molecule has 4 N–H and O–H groups in total. The molecule has 2 rings (SSSR count). The lowest BCUT2D eigenvalue weighted by molar-refractivity contribution is 0.0953. The molecule has 1 heterocycles. The normalized spacial score (nSPS) is 22.2. The molecule has 0 spiro atoms. The molecule has 0 saturated heterocycles. The van der Waals surface area contributed by atoms with Gasteiger partial charge in [0.05, 0.1) is 0 Å². The average Bonchev–Trinajstić information content (AvgIpc) is 2.94. The Bertz CT molecular complexity index is 418. The van der Waals surface area contributed by atoms with E-state index in [-0.39, 0.29) is 5.91 Å². The van der Waals surface area contributed by atoms with E-state index < -0.39 is 0 Å². The van der Waals surface area contributed by atoms with Crippen molar-refractivity contribution < 1.29 is 4.79 Å². The van der Waals surface area contributed by atoms with Crippen molar-refractivity contribution in [2.45, 2.75) is 32.7 Å². The predicted molar refractivity (Wildman–Crippen MR) is 70.3 cm³/mol. The maximum atomic E-state index is 11.9. The molecule has 17 heavy (non-hydrogen) atoms. The smallest absolute Gasteiger partial charge is 0.265 e. The maximum Gasteiger partial charge on any atom is 0.265 e. The van der Waals surface area contributed by atoms with Crippen LogP contribution in [0.15, 0.2) is 0 Å². The third-order valence-electron chi connectivity index (χ3n) is 2.95. The fourth-order valence-corrected chi connectivity index (χ4v) is 2.69. The fraction of sp³-hybridized carbons (Fsp3) is 0.636. The number of rotatable bonds is 5. The van der Waals surface area contributed by atoms with Gasteiger partial charge < -0.3 is 16.4 Å². The van der Waals surface area contributed by atoms with Gasteiger partial charge in [-0.2, -0.15) is 0 Å². The highest BCUT2D eigenvalue weighted by atomic mass is 32.1. The molecule has 1 aromatic heterocycles. The van der Waals surface area contributed by atoms with Gasteiger partial charge in [0.1, 0.15) is 10.7 Å². The van der Waals surface area contributed by atoms with E-state index in [0.29, 0.717) is 27.8 Å². The predicted octanol–water partition coefficient (Wildman–Crippen LogP) is 1.69. The molecule has 1 saturated carbocycles. The molecule has 1 aromatic rings. The molecule has 0 radical (unpaired) electrons. The topological polar surface area (TPSA) is 80.0 Å². The fourth-order valence-electron chi connectivity index (χ4n) is 1.83. The number of hydrogen-bond acceptors (Lipinski definition) is 5. The van der Waals surface area contributed by atoms with Crippen LogP contribution in [0.5, 0.6) is 0 Å². The van der Waals surface area contributed by atoms with E-state index in [2.05, 4.69) is 22.5 Å². The Kier molecular flexibility index (Phi) is 3.51. The first-order valence-electron chi connectivity index (χ1n) is 5.96. The maximum absolute atomic E-state index is 11.9. The van der Waals surface area contributed by atoms with E-state index in [1.54, 1.807) is 0 Å². The lowest BCUT2D eigenvalue weighted by atomic mass is 10.3. The van der Waals surface area contributed by atoms with Crippen LogP contribution < -0.4 is 16.4 Å². The standard InChI is InChI=1S/C11H18N4OS/c1-3-6-5-7(6)14-10(16)8-9(12)15-11(17-8)13-4-2/h6-7H,3-5,12H2,1-2H3,(H,13,15)(H,14,16). The van der Waals surface area contributed by atoms with Gasteiger partial charge in [-0.15, -0.1) is 0 Å². The highest BCUT2D eigenvalue weighted by Gasteiger charge is 2.37. The Morgan fingerprint density at radius 3 is 2.94 bits per heavy atom. The SMILES string of the molecule is CCNc1nc(N)c(C(=O)NC2CC2CC)s1. The van der Waals surface area contributed by atoms with E-state index >= 15 is 0 Å². The van der Waals surface area contributed by atoms with Crippen molar-refractivity contribution in [2.24, 2.45) is 5.92 Å².